The molecule has 0 aliphatic carbocycles. The van der Waals surface area contributed by atoms with Gasteiger partial charge in [0.25, 0.3) is 0 Å². The third-order valence-corrected chi connectivity index (χ3v) is 0. The minimum Gasteiger partial charge on any atom is 0 e. The Hall–Kier alpha value is 6.18. The summed E-state index contributed by atoms with van der Waals surface area (Å²) in [7, 11) is 0. The molecule has 0 unspecified atom stereocenters. The van der Waals surface area contributed by atoms with Gasteiger partial charge in [-0.3, -0.25) is 0 Å². The SMILES string of the molecule is [Li].[Li].[Li].[Li].[Li].[Li].[Li].[Li].[Li].[Sn]. The average molecular weight is 181 g/mol. The van der Waals surface area contributed by atoms with Crippen LogP contribution >= 0.6 is 0 Å². The molecule has 0 heterocycles. The summed E-state index contributed by atoms with van der Waals surface area (Å²) in [6.07, 6.45) is 0. The molecule has 0 aromatic carbocycles. The Bertz CT molecular complexity index is 4.69. The van der Waals surface area contributed by atoms with Crippen LogP contribution in [-0.4, -0.2) is 194 Å². The molecule has 0 fully saturated rings. The zero-order chi connectivity index (χ0) is 0. The van der Waals surface area contributed by atoms with Crippen molar-refractivity contribution in [2.24, 2.45) is 0 Å². The first-order chi connectivity index (χ1) is 0. The Morgan fingerprint density at radius 2 is 0.200 bits per heavy atom. The van der Waals surface area contributed by atoms with Gasteiger partial charge in [0.1, 0.15) is 0 Å². The Balaban J connectivity index is 0. The maximum atomic E-state index is 0. The van der Waals surface area contributed by atoms with Gasteiger partial charge in [0.2, 0.25) is 0 Å². The molecule has 0 saturated carbocycles. The van der Waals surface area contributed by atoms with Crippen molar-refractivity contribution in [3.8, 4) is 0 Å². The standard InChI is InChI=1S/9Li.Sn. The molecule has 0 aliphatic heterocycles. The molecule has 13 valence electrons. The van der Waals surface area contributed by atoms with Gasteiger partial charge in [-0.25, -0.2) is 0 Å². The molecule has 10 heavy (non-hydrogen) atoms. The Morgan fingerprint density at radius 1 is 0.200 bits per heavy atom. The molecule has 0 N–H and O–H groups in total. The fraction of sp³-hybridized carbons (Fsp3) is 0. The van der Waals surface area contributed by atoms with Crippen molar-refractivity contribution in [1.29, 1.82) is 0 Å². The van der Waals surface area contributed by atoms with Gasteiger partial charge < -0.3 is 0 Å². The summed E-state index contributed by atoms with van der Waals surface area (Å²) in [6.45, 7) is 0. The van der Waals surface area contributed by atoms with E-state index in [0.717, 1.165) is 0 Å². The van der Waals surface area contributed by atoms with E-state index >= 15 is 0 Å². The van der Waals surface area contributed by atoms with Crippen molar-refractivity contribution >= 4 is 194 Å². The maximum absolute atomic E-state index is 0. The van der Waals surface area contributed by atoms with E-state index in [0.29, 0.717) is 0 Å². The monoisotopic (exact) mass is 183 g/mol. The zero-order valence-corrected chi connectivity index (χ0v) is 12.4. The van der Waals surface area contributed by atoms with E-state index in [4.69, 9.17) is 0 Å². The second kappa shape index (κ2) is 80.0. The van der Waals surface area contributed by atoms with Crippen LogP contribution in [-0.2, 0) is 0 Å². The Morgan fingerprint density at radius 3 is 0.200 bits per heavy atom. The van der Waals surface area contributed by atoms with Crippen LogP contribution in [0.2, 0.25) is 0 Å². The molecule has 0 aliphatic rings. The molecule has 0 rings (SSSR count). The first kappa shape index (κ1) is 97.7. The van der Waals surface area contributed by atoms with Crippen molar-refractivity contribution in [1.82, 2.24) is 0 Å². The fourth-order valence-electron chi connectivity index (χ4n) is 0. The summed E-state index contributed by atoms with van der Waals surface area (Å²) in [5, 5.41) is 0. The summed E-state index contributed by atoms with van der Waals surface area (Å²) in [5.74, 6) is 0. The molecule has 0 aromatic heterocycles. The molecule has 0 bridgehead atoms. The van der Waals surface area contributed by atoms with Gasteiger partial charge in [-0.2, -0.15) is 0 Å². The number of hydrogen-bond donors (Lipinski definition) is 0. The third kappa shape index (κ3) is 64.5. The minimum absolute atomic E-state index is 0. The van der Waals surface area contributed by atoms with Gasteiger partial charge in [-0.1, -0.05) is 0 Å². The second-order valence-corrected chi connectivity index (χ2v) is 0. The van der Waals surface area contributed by atoms with Crippen LogP contribution in [0, 0.1) is 0 Å². The van der Waals surface area contributed by atoms with Crippen molar-refractivity contribution < 1.29 is 0 Å². The normalized spacial score (nSPS) is 0. The Labute approximate surface area is 189 Å². The van der Waals surface area contributed by atoms with E-state index in [9.17, 15) is 0 Å². The van der Waals surface area contributed by atoms with Crippen molar-refractivity contribution in [2.75, 3.05) is 0 Å². The van der Waals surface area contributed by atoms with Crippen LogP contribution in [0.1, 0.15) is 0 Å². The van der Waals surface area contributed by atoms with Crippen LogP contribution in [0.3, 0.4) is 0 Å². The first-order valence-electron chi connectivity index (χ1n) is 0. The van der Waals surface area contributed by atoms with E-state index < -0.39 is 0 Å². The fourth-order valence-corrected chi connectivity index (χ4v) is 0. The summed E-state index contributed by atoms with van der Waals surface area (Å²) in [6, 6.07) is 0. The van der Waals surface area contributed by atoms with Gasteiger partial charge in [-0.15, -0.1) is 0 Å². The maximum Gasteiger partial charge on any atom is 0 e. The molecule has 13 radical (unpaired) electrons. The number of hydrogen-bond acceptors (Lipinski definition) is 0. The van der Waals surface area contributed by atoms with E-state index in [2.05, 4.69) is 0 Å². The molecule has 0 aromatic rings. The molecule has 10 heteroatoms. The molecule has 0 atom stereocenters. The predicted molar refractivity (Wildman–Crippen MR) is 57.5 cm³/mol. The van der Waals surface area contributed by atoms with Gasteiger partial charge in [0, 0.05) is 194 Å². The quantitative estimate of drug-likeness (QED) is 0.336. The molecule has 0 nitrogen and oxygen atoms in total. The van der Waals surface area contributed by atoms with Gasteiger partial charge in [0.15, 0.2) is 0 Å². The van der Waals surface area contributed by atoms with Crippen LogP contribution in [0.4, 0.5) is 0 Å². The van der Waals surface area contributed by atoms with E-state index in [1.54, 1.807) is 0 Å². The van der Waals surface area contributed by atoms with Gasteiger partial charge in [-0.05, 0) is 0 Å². The summed E-state index contributed by atoms with van der Waals surface area (Å²) in [5.41, 5.74) is 0. The molecule has 0 saturated heterocycles. The van der Waals surface area contributed by atoms with E-state index in [1.807, 2.05) is 0 Å². The minimum atomic E-state index is 0. The molecular weight excluding hydrogens is 181 g/mol. The third-order valence-electron chi connectivity index (χ3n) is 0. The van der Waals surface area contributed by atoms with Crippen LogP contribution in [0.15, 0.2) is 0 Å². The Kier molecular flexibility index (Phi) is 781. The topological polar surface area (TPSA) is 0 Å². The summed E-state index contributed by atoms with van der Waals surface area (Å²) < 4.78 is 0. The predicted octanol–water partition coefficient (Wildman–Crippen LogP) is -3.81. The first-order valence-corrected chi connectivity index (χ1v) is 0. The zero-order valence-electron chi connectivity index (χ0n) is 9.50. The summed E-state index contributed by atoms with van der Waals surface area (Å²) >= 11 is 0. The van der Waals surface area contributed by atoms with Gasteiger partial charge in [0.05, 0.1) is 0 Å². The van der Waals surface area contributed by atoms with E-state index in [-0.39, 0.29) is 194 Å². The molecular formula is Li9Sn. The van der Waals surface area contributed by atoms with Crippen LogP contribution in [0.25, 0.3) is 0 Å². The molecule has 0 amide bonds. The van der Waals surface area contributed by atoms with E-state index in [1.165, 1.54) is 0 Å². The van der Waals surface area contributed by atoms with Crippen molar-refractivity contribution in [3.05, 3.63) is 0 Å². The molecule has 0 spiro atoms. The second-order valence-electron chi connectivity index (χ2n) is 0. The van der Waals surface area contributed by atoms with Crippen molar-refractivity contribution in [3.63, 3.8) is 0 Å². The van der Waals surface area contributed by atoms with Crippen LogP contribution in [0.5, 0.6) is 0 Å². The van der Waals surface area contributed by atoms with Gasteiger partial charge >= 0.3 is 0 Å². The average Bonchev–Trinajstić information content (AvgIpc) is 0. The van der Waals surface area contributed by atoms with Crippen LogP contribution < -0.4 is 0 Å². The smallest absolute Gasteiger partial charge is 0 e. The largest absolute Gasteiger partial charge is 0 e. The van der Waals surface area contributed by atoms with Crippen molar-refractivity contribution in [2.45, 2.75) is 0 Å². The summed E-state index contributed by atoms with van der Waals surface area (Å²) in [4.78, 5) is 0. The number of rotatable bonds is 0.